The Morgan fingerprint density at radius 3 is 2.47 bits per heavy atom. The monoisotopic (exact) mass is 237 g/mol. The van der Waals surface area contributed by atoms with Crippen molar-refractivity contribution in [2.24, 2.45) is 0 Å². The molecule has 17 heavy (non-hydrogen) atoms. The fourth-order valence-corrected chi connectivity index (χ4v) is 1.81. The highest BCUT2D eigenvalue weighted by Gasteiger charge is 2.05. The first kappa shape index (κ1) is 14.0. The van der Waals surface area contributed by atoms with E-state index in [-0.39, 0.29) is 6.61 Å². The van der Waals surface area contributed by atoms with Gasteiger partial charge < -0.3 is 15.2 Å². The molecule has 0 aliphatic heterocycles. The molecule has 0 amide bonds. The van der Waals surface area contributed by atoms with E-state index in [2.05, 4.69) is 24.4 Å². The summed E-state index contributed by atoms with van der Waals surface area (Å²) in [5, 5.41) is 11.9. The third kappa shape index (κ3) is 4.75. The average molecular weight is 237 g/mol. The maximum Gasteiger partial charge on any atom is 0.119 e. The van der Waals surface area contributed by atoms with E-state index in [1.807, 2.05) is 19.2 Å². The maximum atomic E-state index is 8.65. The summed E-state index contributed by atoms with van der Waals surface area (Å²) in [4.78, 5) is 0. The van der Waals surface area contributed by atoms with E-state index in [4.69, 9.17) is 9.84 Å². The summed E-state index contributed by atoms with van der Waals surface area (Å²) in [5.74, 6) is 0.901. The smallest absolute Gasteiger partial charge is 0.119 e. The fourth-order valence-electron chi connectivity index (χ4n) is 1.81. The zero-order valence-corrected chi connectivity index (χ0v) is 10.8. The lowest BCUT2D eigenvalue weighted by molar-refractivity contribution is 0.253. The van der Waals surface area contributed by atoms with E-state index in [0.29, 0.717) is 12.6 Å². The topological polar surface area (TPSA) is 41.5 Å². The molecule has 0 aliphatic carbocycles. The second kappa shape index (κ2) is 8.09. The number of ether oxygens (including phenoxy) is 1. The zero-order valence-electron chi connectivity index (χ0n) is 10.8. The Morgan fingerprint density at radius 1 is 1.24 bits per heavy atom. The van der Waals surface area contributed by atoms with Gasteiger partial charge in [0.2, 0.25) is 0 Å². The van der Waals surface area contributed by atoms with Gasteiger partial charge >= 0.3 is 0 Å². The van der Waals surface area contributed by atoms with Crippen LogP contribution in [0.1, 0.15) is 37.8 Å². The number of nitrogens with one attached hydrogen (secondary N) is 1. The Kier molecular flexibility index (Phi) is 6.67. The molecule has 1 atom stereocenters. The van der Waals surface area contributed by atoms with Crippen LogP contribution in [0.3, 0.4) is 0 Å². The third-order valence-corrected chi connectivity index (χ3v) is 2.86. The molecule has 0 heterocycles. The van der Waals surface area contributed by atoms with E-state index in [9.17, 15) is 0 Å². The second-order valence-electron chi connectivity index (χ2n) is 4.10. The zero-order chi connectivity index (χ0) is 12.5. The summed E-state index contributed by atoms with van der Waals surface area (Å²) in [6.45, 7) is 3.08. The quantitative estimate of drug-likeness (QED) is 0.683. The molecule has 96 valence electrons. The van der Waals surface area contributed by atoms with Gasteiger partial charge in [-0.05, 0) is 44.0 Å². The highest BCUT2D eigenvalue weighted by Crippen LogP contribution is 2.19. The molecule has 0 fully saturated rings. The number of rotatable bonds is 8. The molecular weight excluding hydrogens is 214 g/mol. The molecule has 0 aromatic heterocycles. The van der Waals surface area contributed by atoms with Crippen LogP contribution in [0.2, 0.25) is 0 Å². The van der Waals surface area contributed by atoms with Crippen molar-refractivity contribution in [3.63, 3.8) is 0 Å². The van der Waals surface area contributed by atoms with E-state index in [1.165, 1.54) is 5.56 Å². The van der Waals surface area contributed by atoms with Gasteiger partial charge in [-0.15, -0.1) is 0 Å². The van der Waals surface area contributed by atoms with Crippen LogP contribution in [-0.4, -0.2) is 25.4 Å². The fraction of sp³-hybridized carbons (Fsp3) is 0.571. The number of hydrogen-bond acceptors (Lipinski definition) is 3. The molecule has 2 N–H and O–H groups in total. The van der Waals surface area contributed by atoms with Crippen LogP contribution in [0.25, 0.3) is 0 Å². The summed E-state index contributed by atoms with van der Waals surface area (Å²) in [6.07, 6.45) is 2.77. The van der Waals surface area contributed by atoms with Crippen LogP contribution in [0, 0.1) is 0 Å². The minimum Gasteiger partial charge on any atom is -0.494 e. The first-order valence-electron chi connectivity index (χ1n) is 6.32. The molecule has 3 nitrogen and oxygen atoms in total. The number of benzene rings is 1. The van der Waals surface area contributed by atoms with Crippen LogP contribution >= 0.6 is 0 Å². The van der Waals surface area contributed by atoms with Crippen molar-refractivity contribution in [1.29, 1.82) is 0 Å². The van der Waals surface area contributed by atoms with E-state index >= 15 is 0 Å². The summed E-state index contributed by atoms with van der Waals surface area (Å²) in [5.41, 5.74) is 1.29. The van der Waals surface area contributed by atoms with E-state index in [1.54, 1.807) is 0 Å². The summed E-state index contributed by atoms with van der Waals surface area (Å²) >= 11 is 0. The van der Waals surface area contributed by atoms with Gasteiger partial charge in [-0.2, -0.15) is 0 Å². The van der Waals surface area contributed by atoms with Crippen LogP contribution in [-0.2, 0) is 0 Å². The van der Waals surface area contributed by atoms with Gasteiger partial charge in [0, 0.05) is 12.6 Å². The lowest BCUT2D eigenvalue weighted by Gasteiger charge is -2.14. The van der Waals surface area contributed by atoms with Crippen LogP contribution in [0.5, 0.6) is 5.75 Å². The third-order valence-electron chi connectivity index (χ3n) is 2.86. The molecule has 0 saturated heterocycles. The van der Waals surface area contributed by atoms with Gasteiger partial charge in [0.25, 0.3) is 0 Å². The Bertz CT molecular complexity index is 294. The standard InChI is InChI=1S/C14H23NO2/c1-3-14(15-2)12-6-8-13(9-7-12)17-11-5-4-10-16/h6-9,14-16H,3-5,10-11H2,1-2H3. The number of aliphatic hydroxyl groups excluding tert-OH is 1. The van der Waals surface area contributed by atoms with E-state index in [0.717, 1.165) is 25.0 Å². The van der Waals surface area contributed by atoms with Gasteiger partial charge in [-0.25, -0.2) is 0 Å². The highest BCUT2D eigenvalue weighted by molar-refractivity contribution is 5.29. The van der Waals surface area contributed by atoms with Gasteiger partial charge in [0.1, 0.15) is 5.75 Å². The van der Waals surface area contributed by atoms with Crippen LogP contribution in [0.4, 0.5) is 0 Å². The largest absolute Gasteiger partial charge is 0.494 e. The lowest BCUT2D eigenvalue weighted by Crippen LogP contribution is -2.14. The molecule has 0 bridgehead atoms. The molecule has 1 aromatic rings. The lowest BCUT2D eigenvalue weighted by atomic mass is 10.1. The Balaban J connectivity index is 2.44. The molecule has 0 radical (unpaired) electrons. The van der Waals surface area contributed by atoms with Crippen molar-refractivity contribution in [2.45, 2.75) is 32.2 Å². The second-order valence-corrected chi connectivity index (χ2v) is 4.10. The SMILES string of the molecule is CCC(NC)c1ccc(OCCCCO)cc1. The molecule has 1 aromatic carbocycles. The van der Waals surface area contributed by atoms with Crippen LogP contribution < -0.4 is 10.1 Å². The van der Waals surface area contributed by atoms with Gasteiger partial charge in [0.05, 0.1) is 6.61 Å². The predicted molar refractivity (Wildman–Crippen MR) is 70.3 cm³/mol. The molecular formula is C14H23NO2. The first-order valence-corrected chi connectivity index (χ1v) is 6.32. The van der Waals surface area contributed by atoms with Crippen molar-refractivity contribution in [2.75, 3.05) is 20.3 Å². The first-order chi connectivity index (χ1) is 8.31. The number of unbranched alkanes of at least 4 members (excludes halogenated alkanes) is 1. The highest BCUT2D eigenvalue weighted by atomic mass is 16.5. The van der Waals surface area contributed by atoms with Gasteiger partial charge in [-0.3, -0.25) is 0 Å². The summed E-state index contributed by atoms with van der Waals surface area (Å²) in [7, 11) is 1.98. The normalized spacial score (nSPS) is 12.4. The summed E-state index contributed by atoms with van der Waals surface area (Å²) < 4.78 is 5.58. The van der Waals surface area contributed by atoms with E-state index < -0.39 is 0 Å². The Hall–Kier alpha value is -1.06. The van der Waals surface area contributed by atoms with Gasteiger partial charge in [-0.1, -0.05) is 19.1 Å². The summed E-state index contributed by atoms with van der Waals surface area (Å²) in [6, 6.07) is 8.64. The molecule has 3 heteroatoms. The van der Waals surface area contributed by atoms with Crippen LogP contribution in [0.15, 0.2) is 24.3 Å². The number of aliphatic hydroxyl groups is 1. The van der Waals surface area contributed by atoms with Crippen molar-refractivity contribution in [3.05, 3.63) is 29.8 Å². The number of hydrogen-bond donors (Lipinski definition) is 2. The van der Waals surface area contributed by atoms with Crippen molar-refractivity contribution >= 4 is 0 Å². The van der Waals surface area contributed by atoms with Gasteiger partial charge in [0.15, 0.2) is 0 Å². The minimum absolute atomic E-state index is 0.239. The van der Waals surface area contributed by atoms with Crippen molar-refractivity contribution < 1.29 is 9.84 Å². The maximum absolute atomic E-state index is 8.65. The molecule has 0 aliphatic rings. The van der Waals surface area contributed by atoms with Crippen molar-refractivity contribution in [1.82, 2.24) is 5.32 Å². The molecule has 0 saturated carbocycles. The average Bonchev–Trinajstić information content (AvgIpc) is 2.38. The molecule has 1 rings (SSSR count). The Morgan fingerprint density at radius 2 is 1.94 bits per heavy atom. The minimum atomic E-state index is 0.239. The predicted octanol–water partition coefficient (Wildman–Crippen LogP) is 2.51. The van der Waals surface area contributed by atoms with Crippen molar-refractivity contribution in [3.8, 4) is 5.75 Å². The Labute approximate surface area is 104 Å². The molecule has 0 spiro atoms. The molecule has 1 unspecified atom stereocenters.